The van der Waals surface area contributed by atoms with E-state index in [9.17, 15) is 4.79 Å². The summed E-state index contributed by atoms with van der Waals surface area (Å²) in [5.41, 5.74) is 0. The monoisotopic (exact) mass is 201 g/mol. The molecule has 0 aromatic carbocycles. The van der Waals surface area contributed by atoms with Gasteiger partial charge in [0.1, 0.15) is 0 Å². The van der Waals surface area contributed by atoms with Crippen LogP contribution in [-0.2, 0) is 4.79 Å². The van der Waals surface area contributed by atoms with E-state index in [4.69, 9.17) is 5.11 Å². The summed E-state index contributed by atoms with van der Waals surface area (Å²) in [6.07, 6.45) is 2.19. The molecule has 0 saturated heterocycles. The fourth-order valence-electron chi connectivity index (χ4n) is 1.77. The van der Waals surface area contributed by atoms with Crippen LogP contribution in [0.3, 0.4) is 0 Å². The van der Waals surface area contributed by atoms with Gasteiger partial charge in [-0.05, 0) is 19.4 Å². The average molecular weight is 201 g/mol. The smallest absolute Gasteiger partial charge is 0.307 e. The fraction of sp³-hybridized carbons (Fsp3) is 0.909. The van der Waals surface area contributed by atoms with Crippen LogP contribution in [0.1, 0.15) is 40.5 Å². The Kier molecular flexibility index (Phi) is 6.54. The molecule has 1 N–H and O–H groups in total. The molecule has 0 aromatic rings. The Morgan fingerprint density at radius 2 is 1.79 bits per heavy atom. The maximum Gasteiger partial charge on any atom is 0.307 e. The lowest BCUT2D eigenvalue weighted by molar-refractivity contribution is -0.141. The van der Waals surface area contributed by atoms with E-state index in [1.54, 1.807) is 6.92 Å². The summed E-state index contributed by atoms with van der Waals surface area (Å²) < 4.78 is 0. The van der Waals surface area contributed by atoms with E-state index in [0.717, 1.165) is 19.4 Å². The van der Waals surface area contributed by atoms with Crippen molar-refractivity contribution in [3.8, 4) is 0 Å². The third-order valence-corrected chi connectivity index (χ3v) is 2.80. The highest BCUT2D eigenvalue weighted by Crippen LogP contribution is 2.11. The molecule has 3 nitrogen and oxygen atoms in total. The summed E-state index contributed by atoms with van der Waals surface area (Å²) in [4.78, 5) is 13.0. The van der Waals surface area contributed by atoms with E-state index >= 15 is 0 Å². The van der Waals surface area contributed by atoms with Crippen molar-refractivity contribution in [3.63, 3.8) is 0 Å². The molecule has 84 valence electrons. The number of carboxylic acid groups (broad SMARTS) is 1. The van der Waals surface area contributed by atoms with Crippen molar-refractivity contribution >= 4 is 5.97 Å². The molecule has 0 amide bonds. The first-order valence-corrected chi connectivity index (χ1v) is 5.53. The van der Waals surface area contributed by atoms with Crippen LogP contribution in [0, 0.1) is 5.92 Å². The minimum absolute atomic E-state index is 0.268. The van der Waals surface area contributed by atoms with Gasteiger partial charge in [0.25, 0.3) is 0 Å². The highest BCUT2D eigenvalue weighted by molar-refractivity contribution is 5.69. The van der Waals surface area contributed by atoms with Gasteiger partial charge >= 0.3 is 5.97 Å². The quantitative estimate of drug-likeness (QED) is 0.686. The number of hydrogen-bond acceptors (Lipinski definition) is 2. The highest BCUT2D eigenvalue weighted by Gasteiger charge is 2.19. The van der Waals surface area contributed by atoms with Crippen LogP contribution in [0.5, 0.6) is 0 Å². The van der Waals surface area contributed by atoms with Crippen molar-refractivity contribution < 1.29 is 9.90 Å². The molecular weight excluding hydrogens is 178 g/mol. The Morgan fingerprint density at radius 1 is 1.29 bits per heavy atom. The van der Waals surface area contributed by atoms with Gasteiger partial charge in [0.2, 0.25) is 0 Å². The Hall–Kier alpha value is -0.570. The molecule has 0 spiro atoms. The summed E-state index contributed by atoms with van der Waals surface area (Å²) in [5, 5.41) is 8.83. The molecule has 0 heterocycles. The van der Waals surface area contributed by atoms with Crippen LogP contribution in [0.25, 0.3) is 0 Å². The van der Waals surface area contributed by atoms with E-state index in [0.29, 0.717) is 12.6 Å². The Balaban J connectivity index is 4.19. The molecule has 0 aliphatic rings. The summed E-state index contributed by atoms with van der Waals surface area (Å²) in [6.45, 7) is 9.77. The largest absolute Gasteiger partial charge is 0.481 e. The number of hydrogen-bond donors (Lipinski definition) is 1. The first kappa shape index (κ1) is 13.4. The summed E-state index contributed by atoms with van der Waals surface area (Å²) in [5.74, 6) is -0.968. The maximum atomic E-state index is 10.7. The number of aliphatic carboxylic acids is 1. The molecule has 1 atom stereocenters. The van der Waals surface area contributed by atoms with Gasteiger partial charge < -0.3 is 5.11 Å². The van der Waals surface area contributed by atoms with Gasteiger partial charge in [0.05, 0.1) is 5.92 Å². The molecule has 0 bridgehead atoms. The number of carboxylic acids is 1. The molecule has 0 aliphatic heterocycles. The van der Waals surface area contributed by atoms with E-state index in [-0.39, 0.29) is 5.92 Å². The minimum atomic E-state index is -0.700. The van der Waals surface area contributed by atoms with Crippen molar-refractivity contribution in [3.05, 3.63) is 0 Å². The Labute approximate surface area is 87.1 Å². The van der Waals surface area contributed by atoms with Gasteiger partial charge in [-0.15, -0.1) is 0 Å². The Bertz CT molecular complexity index is 167. The van der Waals surface area contributed by atoms with E-state index in [2.05, 4.69) is 25.7 Å². The van der Waals surface area contributed by atoms with Gasteiger partial charge in [0.15, 0.2) is 0 Å². The number of carbonyl (C=O) groups is 1. The van der Waals surface area contributed by atoms with Gasteiger partial charge in [0, 0.05) is 12.6 Å². The molecule has 0 aliphatic carbocycles. The first-order valence-electron chi connectivity index (χ1n) is 5.53. The molecule has 0 saturated carbocycles. The first-order chi connectivity index (χ1) is 6.56. The third-order valence-electron chi connectivity index (χ3n) is 2.80. The van der Waals surface area contributed by atoms with Gasteiger partial charge in [-0.1, -0.05) is 27.7 Å². The second-order valence-corrected chi connectivity index (χ2v) is 3.80. The lowest BCUT2D eigenvalue weighted by Crippen LogP contribution is -2.39. The van der Waals surface area contributed by atoms with Crippen molar-refractivity contribution in [1.82, 2.24) is 4.90 Å². The molecule has 0 aromatic heterocycles. The second-order valence-electron chi connectivity index (χ2n) is 3.80. The molecule has 1 unspecified atom stereocenters. The Morgan fingerprint density at radius 3 is 2.07 bits per heavy atom. The van der Waals surface area contributed by atoms with E-state index < -0.39 is 5.97 Å². The summed E-state index contributed by atoms with van der Waals surface area (Å²) >= 11 is 0. The van der Waals surface area contributed by atoms with Gasteiger partial charge in [-0.25, -0.2) is 0 Å². The van der Waals surface area contributed by atoms with Crippen LogP contribution < -0.4 is 0 Å². The predicted octanol–water partition coefficient (Wildman–Crippen LogP) is 2.22. The van der Waals surface area contributed by atoms with Crippen LogP contribution in [0.15, 0.2) is 0 Å². The van der Waals surface area contributed by atoms with Crippen LogP contribution in [0.4, 0.5) is 0 Å². The van der Waals surface area contributed by atoms with Crippen LogP contribution in [-0.4, -0.2) is 35.1 Å². The van der Waals surface area contributed by atoms with Crippen LogP contribution >= 0.6 is 0 Å². The van der Waals surface area contributed by atoms with Crippen molar-refractivity contribution in [1.29, 1.82) is 0 Å². The summed E-state index contributed by atoms with van der Waals surface area (Å²) in [7, 11) is 0. The topological polar surface area (TPSA) is 40.5 Å². The lowest BCUT2D eigenvalue weighted by Gasteiger charge is -2.30. The van der Waals surface area contributed by atoms with Crippen LogP contribution in [0.2, 0.25) is 0 Å². The highest BCUT2D eigenvalue weighted by atomic mass is 16.4. The van der Waals surface area contributed by atoms with E-state index in [1.807, 2.05) is 0 Å². The zero-order valence-corrected chi connectivity index (χ0v) is 9.79. The molecule has 3 heteroatoms. The fourth-order valence-corrected chi connectivity index (χ4v) is 1.77. The lowest BCUT2D eigenvalue weighted by atomic mass is 10.1. The summed E-state index contributed by atoms with van der Waals surface area (Å²) in [6, 6.07) is 0.529. The standard InChI is InChI=1S/C11H23NO2/c1-5-10(6-2)12(7-3)8-9(4)11(13)14/h9-10H,5-8H2,1-4H3,(H,13,14). The normalized spacial score (nSPS) is 13.6. The third kappa shape index (κ3) is 4.09. The van der Waals surface area contributed by atoms with Crippen molar-refractivity contribution in [2.45, 2.75) is 46.6 Å². The second kappa shape index (κ2) is 6.82. The van der Waals surface area contributed by atoms with E-state index in [1.165, 1.54) is 0 Å². The minimum Gasteiger partial charge on any atom is -0.481 e. The van der Waals surface area contributed by atoms with Crippen molar-refractivity contribution in [2.75, 3.05) is 13.1 Å². The average Bonchev–Trinajstić information content (AvgIpc) is 2.17. The molecule has 0 fully saturated rings. The predicted molar refractivity (Wildman–Crippen MR) is 58.4 cm³/mol. The molecular formula is C11H23NO2. The number of rotatable bonds is 7. The maximum absolute atomic E-state index is 10.7. The molecule has 14 heavy (non-hydrogen) atoms. The molecule has 0 radical (unpaired) electrons. The van der Waals surface area contributed by atoms with Gasteiger partial charge in [-0.3, -0.25) is 9.69 Å². The zero-order valence-electron chi connectivity index (χ0n) is 9.79. The number of nitrogens with zero attached hydrogens (tertiary/aromatic N) is 1. The molecule has 0 rings (SSSR count). The SMILES string of the molecule is CCC(CC)N(CC)CC(C)C(=O)O. The zero-order chi connectivity index (χ0) is 11.1. The van der Waals surface area contributed by atoms with Crippen molar-refractivity contribution in [2.24, 2.45) is 5.92 Å². The van der Waals surface area contributed by atoms with Gasteiger partial charge in [-0.2, -0.15) is 0 Å².